The van der Waals surface area contributed by atoms with E-state index in [1.54, 1.807) is 6.07 Å². The third-order valence-corrected chi connectivity index (χ3v) is 7.12. The molecule has 0 saturated carbocycles. The summed E-state index contributed by atoms with van der Waals surface area (Å²) in [5.74, 6) is -2.19. The normalized spacial score (nSPS) is 14.9. The van der Waals surface area contributed by atoms with Gasteiger partial charge in [0.1, 0.15) is 11.6 Å². The van der Waals surface area contributed by atoms with Crippen LogP contribution >= 0.6 is 0 Å². The maximum atomic E-state index is 14.2. The van der Waals surface area contributed by atoms with Crippen molar-refractivity contribution in [3.05, 3.63) is 75.2 Å². The van der Waals surface area contributed by atoms with Gasteiger partial charge in [0.25, 0.3) is 0 Å². The largest absolute Gasteiger partial charge is 0.438 e. The maximum absolute atomic E-state index is 14.2. The number of alkyl halides is 3. The first-order valence-electron chi connectivity index (χ1n) is 12.6. The Hall–Kier alpha value is -4.06. The smallest absolute Gasteiger partial charge is 0.418 e. The third-order valence-electron chi connectivity index (χ3n) is 7.12. The van der Waals surface area contributed by atoms with Crippen molar-refractivity contribution in [3.8, 4) is 22.9 Å². The van der Waals surface area contributed by atoms with Crippen molar-refractivity contribution in [3.63, 3.8) is 0 Å². The minimum Gasteiger partial charge on any atom is -0.438 e. The molecule has 3 aromatic heterocycles. The number of pyridine rings is 3. The lowest BCUT2D eigenvalue weighted by Gasteiger charge is -2.23. The topological polar surface area (TPSA) is 74.3 Å². The average Bonchev–Trinajstić information content (AvgIpc) is 3.12. The summed E-state index contributed by atoms with van der Waals surface area (Å²) in [6, 6.07) is 4.77. The van der Waals surface area contributed by atoms with Crippen LogP contribution in [0.5, 0.6) is 11.6 Å². The van der Waals surface area contributed by atoms with Crippen LogP contribution in [0.15, 0.2) is 41.5 Å². The Morgan fingerprint density at radius 3 is 2.52 bits per heavy atom. The number of H-pyrrole nitrogens is 1. The molecule has 1 aromatic carbocycles. The van der Waals surface area contributed by atoms with E-state index in [0.29, 0.717) is 36.0 Å². The molecule has 0 spiro atoms. The number of aromatic nitrogens is 3. The van der Waals surface area contributed by atoms with E-state index in [9.17, 15) is 26.7 Å². The summed E-state index contributed by atoms with van der Waals surface area (Å²) in [5, 5.41) is 0.312. The van der Waals surface area contributed by atoms with Crippen molar-refractivity contribution >= 4 is 16.7 Å². The molecule has 1 fully saturated rings. The summed E-state index contributed by atoms with van der Waals surface area (Å²) in [4.78, 5) is 29.1. The molecule has 0 atom stereocenters. The fourth-order valence-electron chi connectivity index (χ4n) is 4.92. The van der Waals surface area contributed by atoms with E-state index in [-0.39, 0.29) is 34.0 Å². The lowest BCUT2D eigenvalue weighted by atomic mass is 10.0. The molecule has 12 heteroatoms. The molecule has 4 heterocycles. The number of fused-ring (bicyclic) bond motifs is 1. The Balaban J connectivity index is 1.68. The van der Waals surface area contributed by atoms with Crippen molar-refractivity contribution in [1.82, 2.24) is 19.9 Å². The highest BCUT2D eigenvalue weighted by Crippen LogP contribution is 2.41. The minimum atomic E-state index is -4.74. The quantitative estimate of drug-likeness (QED) is 0.317. The molecule has 0 bridgehead atoms. The second-order valence-corrected chi connectivity index (χ2v) is 9.81. The molecule has 1 saturated heterocycles. The van der Waals surface area contributed by atoms with Crippen LogP contribution in [-0.2, 0) is 6.18 Å². The summed E-state index contributed by atoms with van der Waals surface area (Å²) < 4.78 is 75.2. The number of aromatic amines is 1. The first-order valence-corrected chi connectivity index (χ1v) is 12.6. The molecule has 1 aliphatic heterocycles. The standard InChI is InChI=1S/C28H26F5N5O2/c1-15-17(28(31,32)33)14-35-27(40-22-6-5-18(29)25(30)16(22)2)23(15)20-13-21(39)24-19(36-20)7-8-34-26(24)38-10-4-9-37(3)11-12-38/h5-8,13-14H,4,9-12H2,1-3H3,(H,36,39). The van der Waals surface area contributed by atoms with Crippen LogP contribution in [0.3, 0.4) is 0 Å². The van der Waals surface area contributed by atoms with Gasteiger partial charge >= 0.3 is 6.18 Å². The minimum absolute atomic E-state index is 0.0246. The van der Waals surface area contributed by atoms with Crippen LogP contribution in [0.2, 0.25) is 0 Å². The number of hydrogen-bond acceptors (Lipinski definition) is 6. The van der Waals surface area contributed by atoms with Gasteiger partial charge in [0.2, 0.25) is 5.88 Å². The van der Waals surface area contributed by atoms with Crippen molar-refractivity contribution in [2.45, 2.75) is 26.4 Å². The predicted octanol–water partition coefficient (Wildman–Crippen LogP) is 5.83. The van der Waals surface area contributed by atoms with Gasteiger partial charge < -0.3 is 19.5 Å². The van der Waals surface area contributed by atoms with Crippen LogP contribution in [0, 0.1) is 25.5 Å². The van der Waals surface area contributed by atoms with Crippen LogP contribution in [0.4, 0.5) is 27.8 Å². The highest BCUT2D eigenvalue weighted by atomic mass is 19.4. The van der Waals surface area contributed by atoms with Gasteiger partial charge in [-0.3, -0.25) is 4.79 Å². The number of anilines is 1. The molecule has 1 aliphatic rings. The van der Waals surface area contributed by atoms with Crippen molar-refractivity contribution < 1.29 is 26.7 Å². The summed E-state index contributed by atoms with van der Waals surface area (Å²) in [5.41, 5.74) is -1.65. The zero-order chi connectivity index (χ0) is 28.8. The predicted molar refractivity (Wildman–Crippen MR) is 141 cm³/mol. The van der Waals surface area contributed by atoms with Crippen molar-refractivity contribution in [1.29, 1.82) is 0 Å². The molecule has 1 N–H and O–H groups in total. The van der Waals surface area contributed by atoms with E-state index in [0.717, 1.165) is 31.6 Å². The first kappa shape index (κ1) is 27.5. The highest BCUT2D eigenvalue weighted by Gasteiger charge is 2.35. The molecule has 0 aliphatic carbocycles. The summed E-state index contributed by atoms with van der Waals surface area (Å²) in [6.07, 6.45) is -1.72. The summed E-state index contributed by atoms with van der Waals surface area (Å²) in [7, 11) is 2.02. The van der Waals surface area contributed by atoms with Crippen LogP contribution < -0.4 is 15.1 Å². The monoisotopic (exact) mass is 559 g/mol. The van der Waals surface area contributed by atoms with E-state index in [1.807, 2.05) is 11.9 Å². The van der Waals surface area contributed by atoms with Gasteiger partial charge in [-0.2, -0.15) is 13.2 Å². The van der Waals surface area contributed by atoms with Gasteiger partial charge in [0.15, 0.2) is 17.1 Å². The lowest BCUT2D eigenvalue weighted by Crippen LogP contribution is -2.30. The number of halogens is 5. The fraction of sp³-hybridized carbons (Fsp3) is 0.321. The Labute approximate surface area is 226 Å². The fourth-order valence-corrected chi connectivity index (χ4v) is 4.92. The van der Waals surface area contributed by atoms with E-state index in [1.165, 1.54) is 26.1 Å². The number of likely N-dealkylation sites (N-methyl/N-ethyl adjacent to an activating group) is 1. The van der Waals surface area contributed by atoms with Crippen LogP contribution in [0.1, 0.15) is 23.1 Å². The summed E-state index contributed by atoms with van der Waals surface area (Å²) in [6.45, 7) is 5.55. The molecular weight excluding hydrogens is 533 g/mol. The van der Waals surface area contributed by atoms with E-state index >= 15 is 0 Å². The maximum Gasteiger partial charge on any atom is 0.418 e. The van der Waals surface area contributed by atoms with E-state index in [4.69, 9.17) is 4.74 Å². The van der Waals surface area contributed by atoms with Gasteiger partial charge in [-0.05, 0) is 57.6 Å². The van der Waals surface area contributed by atoms with Gasteiger partial charge in [-0.15, -0.1) is 0 Å². The highest BCUT2D eigenvalue weighted by molar-refractivity contribution is 5.91. The van der Waals surface area contributed by atoms with Gasteiger partial charge in [0, 0.05) is 43.7 Å². The Kier molecular flexibility index (Phi) is 7.21. The molecule has 0 amide bonds. The lowest BCUT2D eigenvalue weighted by molar-refractivity contribution is -0.138. The second-order valence-electron chi connectivity index (χ2n) is 9.81. The van der Waals surface area contributed by atoms with Crippen LogP contribution in [0.25, 0.3) is 22.2 Å². The first-order chi connectivity index (χ1) is 19.0. The molecule has 5 rings (SSSR count). The van der Waals surface area contributed by atoms with E-state index in [2.05, 4.69) is 19.9 Å². The summed E-state index contributed by atoms with van der Waals surface area (Å²) >= 11 is 0. The number of rotatable bonds is 4. The third kappa shape index (κ3) is 5.10. The van der Waals surface area contributed by atoms with Crippen molar-refractivity contribution in [2.24, 2.45) is 0 Å². The van der Waals surface area contributed by atoms with Gasteiger partial charge in [0.05, 0.1) is 27.7 Å². The number of ether oxygens (including phenoxy) is 1. The van der Waals surface area contributed by atoms with Crippen LogP contribution in [-0.4, -0.2) is 53.1 Å². The SMILES string of the molecule is Cc1c(Oc2ncc(C(F)(F)F)c(C)c2-c2cc(=O)c3c(N4CCCN(C)CC4)nccc3[nH]2)ccc(F)c1F. The number of benzene rings is 1. The molecule has 40 heavy (non-hydrogen) atoms. The van der Waals surface area contributed by atoms with Gasteiger partial charge in [-0.1, -0.05) is 0 Å². The molecule has 4 aromatic rings. The Morgan fingerprint density at radius 2 is 1.77 bits per heavy atom. The molecule has 0 unspecified atom stereocenters. The molecular formula is C28H26F5N5O2. The van der Waals surface area contributed by atoms with Crippen molar-refractivity contribution in [2.75, 3.05) is 38.1 Å². The number of hydrogen-bond donors (Lipinski definition) is 1. The number of nitrogens with one attached hydrogen (secondary N) is 1. The van der Waals surface area contributed by atoms with E-state index < -0.39 is 28.8 Å². The molecule has 7 nitrogen and oxygen atoms in total. The zero-order valence-electron chi connectivity index (χ0n) is 22.0. The molecule has 0 radical (unpaired) electrons. The Morgan fingerprint density at radius 1 is 1.00 bits per heavy atom. The molecule has 210 valence electrons. The van der Waals surface area contributed by atoms with Gasteiger partial charge in [-0.25, -0.2) is 18.7 Å². The average molecular weight is 560 g/mol. The zero-order valence-corrected chi connectivity index (χ0v) is 22.0. The Bertz CT molecular complexity index is 1650. The second kappa shape index (κ2) is 10.5. The number of nitrogens with zero attached hydrogens (tertiary/aromatic N) is 4.